The first kappa shape index (κ1) is 18.5. The number of anilines is 1. The van der Waals surface area contributed by atoms with Crippen LogP contribution in [0.5, 0.6) is 5.75 Å². The summed E-state index contributed by atoms with van der Waals surface area (Å²) in [4.78, 5) is 14.6. The van der Waals surface area contributed by atoms with Gasteiger partial charge >= 0.3 is 6.18 Å². The maximum Gasteiger partial charge on any atom is 0.433 e. The Balaban J connectivity index is 1.35. The zero-order valence-electron chi connectivity index (χ0n) is 15.4. The van der Waals surface area contributed by atoms with Crippen molar-refractivity contribution in [2.45, 2.75) is 19.0 Å². The number of piperidine rings is 1. The predicted octanol–water partition coefficient (Wildman–Crippen LogP) is 3.68. The second-order valence-corrected chi connectivity index (χ2v) is 6.93. The molecule has 6 nitrogen and oxygen atoms in total. The van der Waals surface area contributed by atoms with E-state index in [0.29, 0.717) is 6.61 Å². The zero-order chi connectivity index (χ0) is 19.7. The molecule has 0 amide bonds. The molecule has 3 aromatic rings. The molecular weight excluding hydrogens is 371 g/mol. The third kappa shape index (κ3) is 3.74. The second kappa shape index (κ2) is 7.29. The first-order valence-electron chi connectivity index (χ1n) is 9.10. The summed E-state index contributed by atoms with van der Waals surface area (Å²) < 4.78 is 45.8. The number of hydrogen-bond donors (Lipinski definition) is 0. The summed E-state index contributed by atoms with van der Waals surface area (Å²) >= 11 is 0. The quantitative estimate of drug-likeness (QED) is 0.679. The van der Waals surface area contributed by atoms with Crippen LogP contribution in [0.25, 0.3) is 11.2 Å². The van der Waals surface area contributed by atoms with E-state index in [2.05, 4.69) is 19.9 Å². The molecule has 0 atom stereocenters. The Morgan fingerprint density at radius 3 is 2.64 bits per heavy atom. The zero-order valence-corrected chi connectivity index (χ0v) is 15.4. The van der Waals surface area contributed by atoms with Crippen LogP contribution in [0.3, 0.4) is 0 Å². The van der Waals surface area contributed by atoms with Crippen molar-refractivity contribution in [2.24, 2.45) is 13.0 Å². The van der Waals surface area contributed by atoms with E-state index in [0.717, 1.165) is 55.3 Å². The van der Waals surface area contributed by atoms with E-state index in [9.17, 15) is 13.2 Å². The molecule has 1 saturated heterocycles. The van der Waals surface area contributed by atoms with Crippen molar-refractivity contribution >= 4 is 17.1 Å². The topological polar surface area (TPSA) is 56.1 Å². The fraction of sp³-hybridized carbons (Fsp3) is 0.421. The van der Waals surface area contributed by atoms with Crippen LogP contribution in [0.1, 0.15) is 18.5 Å². The lowest BCUT2D eigenvalue weighted by atomic mass is 9.98. The van der Waals surface area contributed by atoms with E-state index in [-0.39, 0.29) is 11.7 Å². The van der Waals surface area contributed by atoms with Gasteiger partial charge in [0, 0.05) is 38.6 Å². The number of imidazole rings is 1. The highest BCUT2D eigenvalue weighted by Gasteiger charge is 2.32. The Labute approximate surface area is 160 Å². The number of aryl methyl sites for hydroxylation is 1. The Bertz CT molecular complexity index is 964. The highest BCUT2D eigenvalue weighted by molar-refractivity contribution is 5.74. The normalized spacial score (nSPS) is 15.9. The van der Waals surface area contributed by atoms with Gasteiger partial charge in [0.15, 0.2) is 5.65 Å². The van der Waals surface area contributed by atoms with Crippen molar-refractivity contribution in [2.75, 3.05) is 24.6 Å². The first-order chi connectivity index (χ1) is 13.4. The van der Waals surface area contributed by atoms with Crippen molar-refractivity contribution in [1.29, 1.82) is 0 Å². The number of nitrogens with zero attached hydrogens (tertiary/aromatic N) is 5. The number of alkyl halides is 3. The molecule has 4 heterocycles. The summed E-state index contributed by atoms with van der Waals surface area (Å²) in [5.41, 5.74) is 0.778. The van der Waals surface area contributed by atoms with Crippen LogP contribution in [-0.4, -0.2) is 39.2 Å². The molecule has 0 N–H and O–H groups in total. The van der Waals surface area contributed by atoms with Gasteiger partial charge in [-0.1, -0.05) is 0 Å². The second-order valence-electron chi connectivity index (χ2n) is 6.93. The molecule has 0 aromatic carbocycles. The summed E-state index contributed by atoms with van der Waals surface area (Å²) in [6.45, 7) is 2.02. The van der Waals surface area contributed by atoms with Crippen LogP contribution in [0.15, 0.2) is 36.7 Å². The third-order valence-electron chi connectivity index (χ3n) is 5.01. The lowest BCUT2D eigenvalue weighted by molar-refractivity contribution is -0.141. The molecule has 0 spiro atoms. The van der Waals surface area contributed by atoms with E-state index in [1.807, 2.05) is 23.7 Å². The average Bonchev–Trinajstić information content (AvgIpc) is 3.03. The summed E-state index contributed by atoms with van der Waals surface area (Å²) in [6.07, 6.45) is 0.175. The summed E-state index contributed by atoms with van der Waals surface area (Å²) in [5.74, 6) is 1.37. The lowest BCUT2D eigenvalue weighted by Crippen LogP contribution is -2.37. The molecule has 0 saturated carbocycles. The van der Waals surface area contributed by atoms with Gasteiger partial charge in [0.1, 0.15) is 17.0 Å². The molecule has 0 radical (unpaired) electrons. The number of pyridine rings is 2. The minimum absolute atomic E-state index is 0.200. The number of ether oxygens (including phenoxy) is 1. The van der Waals surface area contributed by atoms with Gasteiger partial charge in [-0.15, -0.1) is 0 Å². The van der Waals surface area contributed by atoms with Crippen molar-refractivity contribution < 1.29 is 17.9 Å². The number of rotatable bonds is 4. The van der Waals surface area contributed by atoms with Crippen molar-refractivity contribution in [1.82, 2.24) is 19.5 Å². The fourth-order valence-electron chi connectivity index (χ4n) is 3.46. The lowest BCUT2D eigenvalue weighted by Gasteiger charge is -2.32. The van der Waals surface area contributed by atoms with Crippen LogP contribution < -0.4 is 9.64 Å². The molecule has 1 aliphatic heterocycles. The monoisotopic (exact) mass is 391 g/mol. The SMILES string of the molecule is Cn1c(N2CCC(COc3ccnc(C(F)(F)F)c3)CC2)nc2cccnc21. The van der Waals surface area contributed by atoms with E-state index in [1.165, 1.54) is 6.07 Å². The van der Waals surface area contributed by atoms with Gasteiger partial charge in [-0.25, -0.2) is 9.97 Å². The highest BCUT2D eigenvalue weighted by atomic mass is 19.4. The largest absolute Gasteiger partial charge is 0.493 e. The number of fused-ring (bicyclic) bond motifs is 1. The van der Waals surface area contributed by atoms with Gasteiger partial charge < -0.3 is 9.64 Å². The van der Waals surface area contributed by atoms with Crippen LogP contribution in [0, 0.1) is 5.92 Å². The molecule has 9 heteroatoms. The molecule has 0 unspecified atom stereocenters. The molecule has 4 rings (SSSR count). The Hall–Kier alpha value is -2.84. The molecule has 148 valence electrons. The minimum atomic E-state index is -4.47. The van der Waals surface area contributed by atoms with Crippen molar-refractivity contribution in [3.63, 3.8) is 0 Å². The highest BCUT2D eigenvalue weighted by Crippen LogP contribution is 2.30. The summed E-state index contributed by atoms with van der Waals surface area (Å²) in [5, 5.41) is 0. The maximum atomic E-state index is 12.7. The van der Waals surface area contributed by atoms with E-state index < -0.39 is 11.9 Å². The summed E-state index contributed by atoms with van der Waals surface area (Å²) in [7, 11) is 1.95. The van der Waals surface area contributed by atoms with E-state index in [4.69, 9.17) is 4.74 Å². The van der Waals surface area contributed by atoms with Crippen molar-refractivity contribution in [3.8, 4) is 5.75 Å². The van der Waals surface area contributed by atoms with Gasteiger partial charge in [0.05, 0.1) is 6.61 Å². The third-order valence-corrected chi connectivity index (χ3v) is 5.01. The van der Waals surface area contributed by atoms with Gasteiger partial charge in [0.25, 0.3) is 0 Å². The standard InChI is InChI=1S/C19H20F3N5O/c1-26-17-15(3-2-7-24-17)25-18(26)27-9-5-13(6-10-27)12-28-14-4-8-23-16(11-14)19(20,21)22/h2-4,7-8,11,13H,5-6,9-10,12H2,1H3. The molecule has 28 heavy (non-hydrogen) atoms. The number of aromatic nitrogens is 4. The van der Waals surface area contributed by atoms with Crippen LogP contribution >= 0.6 is 0 Å². The molecule has 1 fully saturated rings. The fourth-order valence-corrected chi connectivity index (χ4v) is 3.46. The molecule has 3 aromatic heterocycles. The smallest absolute Gasteiger partial charge is 0.433 e. The van der Waals surface area contributed by atoms with Crippen LogP contribution in [0.4, 0.5) is 19.1 Å². The maximum absolute atomic E-state index is 12.7. The molecule has 0 aliphatic carbocycles. The number of hydrogen-bond acceptors (Lipinski definition) is 5. The Morgan fingerprint density at radius 2 is 1.93 bits per heavy atom. The minimum Gasteiger partial charge on any atom is -0.493 e. The number of halogens is 3. The van der Waals surface area contributed by atoms with Gasteiger partial charge in [0.2, 0.25) is 5.95 Å². The molecular formula is C19H20F3N5O. The van der Waals surface area contributed by atoms with E-state index in [1.54, 1.807) is 6.20 Å². The average molecular weight is 391 g/mol. The van der Waals surface area contributed by atoms with Gasteiger partial charge in [-0.05, 0) is 37.0 Å². The summed E-state index contributed by atoms with van der Waals surface area (Å²) in [6, 6.07) is 6.21. The molecule has 1 aliphatic rings. The Morgan fingerprint density at radius 1 is 1.14 bits per heavy atom. The molecule has 0 bridgehead atoms. The predicted molar refractivity (Wildman–Crippen MR) is 98.2 cm³/mol. The Kier molecular flexibility index (Phi) is 4.82. The van der Waals surface area contributed by atoms with E-state index >= 15 is 0 Å². The van der Waals surface area contributed by atoms with Crippen LogP contribution in [0.2, 0.25) is 0 Å². The van der Waals surface area contributed by atoms with Crippen molar-refractivity contribution in [3.05, 3.63) is 42.4 Å². The van der Waals surface area contributed by atoms with Gasteiger partial charge in [-0.3, -0.25) is 9.55 Å². The van der Waals surface area contributed by atoms with Crippen LogP contribution in [-0.2, 0) is 13.2 Å². The first-order valence-corrected chi connectivity index (χ1v) is 9.10. The van der Waals surface area contributed by atoms with Gasteiger partial charge in [-0.2, -0.15) is 13.2 Å².